The number of amides is 1. The SMILES string of the molecule is CC(C)(N)CNC(=O)c1cccc(F)c1Cl.Cl. The van der Waals surface area contributed by atoms with Crippen molar-refractivity contribution in [3.05, 3.63) is 34.6 Å². The van der Waals surface area contributed by atoms with E-state index in [9.17, 15) is 9.18 Å². The maximum Gasteiger partial charge on any atom is 0.252 e. The van der Waals surface area contributed by atoms with Crippen LogP contribution in [0.25, 0.3) is 0 Å². The lowest BCUT2D eigenvalue weighted by Crippen LogP contribution is -2.45. The third-order valence-corrected chi connectivity index (χ3v) is 2.28. The predicted molar refractivity (Wildman–Crippen MR) is 69.3 cm³/mol. The Bertz CT molecular complexity index is 405. The molecular weight excluding hydrogens is 266 g/mol. The molecule has 0 atom stereocenters. The van der Waals surface area contributed by atoms with Crippen LogP contribution in [-0.4, -0.2) is 18.0 Å². The van der Waals surface area contributed by atoms with Gasteiger partial charge in [-0.2, -0.15) is 0 Å². The van der Waals surface area contributed by atoms with Gasteiger partial charge in [0.1, 0.15) is 5.82 Å². The highest BCUT2D eigenvalue weighted by Gasteiger charge is 2.16. The second kappa shape index (κ2) is 6.19. The molecule has 0 unspecified atom stereocenters. The summed E-state index contributed by atoms with van der Waals surface area (Å²) in [6.45, 7) is 3.85. The van der Waals surface area contributed by atoms with Gasteiger partial charge in [-0.15, -0.1) is 12.4 Å². The predicted octanol–water partition coefficient (Wildman–Crippen LogP) is 2.37. The Labute approximate surface area is 111 Å². The van der Waals surface area contributed by atoms with E-state index in [1.807, 2.05) is 0 Å². The van der Waals surface area contributed by atoms with Crippen molar-refractivity contribution >= 4 is 29.9 Å². The molecule has 0 bridgehead atoms. The van der Waals surface area contributed by atoms with Crippen LogP contribution in [-0.2, 0) is 0 Å². The lowest BCUT2D eigenvalue weighted by atomic mass is 10.1. The number of nitrogens with two attached hydrogens (primary N) is 1. The summed E-state index contributed by atoms with van der Waals surface area (Å²) in [5.74, 6) is -1.04. The molecule has 0 aromatic heterocycles. The zero-order chi connectivity index (χ0) is 12.3. The molecule has 0 saturated heterocycles. The number of hydrogen-bond donors (Lipinski definition) is 2. The van der Waals surface area contributed by atoms with Crippen LogP contribution in [0.3, 0.4) is 0 Å². The van der Waals surface area contributed by atoms with Crippen molar-refractivity contribution in [3.8, 4) is 0 Å². The molecule has 0 fully saturated rings. The second-order valence-electron chi connectivity index (χ2n) is 4.27. The molecule has 0 heterocycles. The monoisotopic (exact) mass is 280 g/mol. The van der Waals surface area contributed by atoms with Crippen molar-refractivity contribution in [2.75, 3.05) is 6.54 Å². The van der Waals surface area contributed by atoms with Gasteiger partial charge in [0.25, 0.3) is 5.91 Å². The van der Waals surface area contributed by atoms with Crippen molar-refractivity contribution in [1.82, 2.24) is 5.32 Å². The van der Waals surface area contributed by atoms with Crippen LogP contribution in [0.2, 0.25) is 5.02 Å². The van der Waals surface area contributed by atoms with Crippen LogP contribution in [0, 0.1) is 5.82 Å². The highest BCUT2D eigenvalue weighted by Crippen LogP contribution is 2.19. The topological polar surface area (TPSA) is 55.1 Å². The summed E-state index contributed by atoms with van der Waals surface area (Å²) in [6.07, 6.45) is 0. The van der Waals surface area contributed by atoms with E-state index in [-0.39, 0.29) is 23.0 Å². The number of carbonyl (C=O) groups excluding carboxylic acids is 1. The molecule has 3 nitrogen and oxygen atoms in total. The fourth-order valence-electron chi connectivity index (χ4n) is 1.08. The van der Waals surface area contributed by atoms with Crippen molar-refractivity contribution in [2.24, 2.45) is 5.73 Å². The minimum Gasteiger partial charge on any atom is -0.350 e. The van der Waals surface area contributed by atoms with Crippen LogP contribution in [0.5, 0.6) is 0 Å². The Kier molecular flexibility index (Phi) is 5.88. The van der Waals surface area contributed by atoms with Gasteiger partial charge in [0, 0.05) is 12.1 Å². The van der Waals surface area contributed by atoms with E-state index >= 15 is 0 Å². The number of carbonyl (C=O) groups is 1. The van der Waals surface area contributed by atoms with Crippen molar-refractivity contribution in [3.63, 3.8) is 0 Å². The summed E-state index contributed by atoms with van der Waals surface area (Å²) in [7, 11) is 0. The maximum atomic E-state index is 13.1. The lowest BCUT2D eigenvalue weighted by molar-refractivity contribution is 0.0946. The Balaban J connectivity index is 0.00000256. The van der Waals surface area contributed by atoms with E-state index in [0.29, 0.717) is 6.54 Å². The molecule has 0 saturated carbocycles. The maximum absolute atomic E-state index is 13.1. The normalized spacial score (nSPS) is 10.6. The van der Waals surface area contributed by atoms with E-state index in [4.69, 9.17) is 17.3 Å². The number of benzene rings is 1. The van der Waals surface area contributed by atoms with E-state index in [1.54, 1.807) is 13.8 Å². The standard InChI is InChI=1S/C11H14ClFN2O.ClH/c1-11(2,14)6-15-10(16)7-4-3-5-8(13)9(7)12;/h3-5H,6,14H2,1-2H3,(H,15,16);1H. The quantitative estimate of drug-likeness (QED) is 0.893. The minimum atomic E-state index is -0.610. The van der Waals surface area contributed by atoms with Gasteiger partial charge in [0.15, 0.2) is 0 Å². The zero-order valence-electron chi connectivity index (χ0n) is 9.59. The molecule has 1 rings (SSSR count). The first-order chi connectivity index (χ1) is 7.31. The Morgan fingerprint density at radius 3 is 2.65 bits per heavy atom. The first kappa shape index (κ1) is 16.2. The summed E-state index contributed by atoms with van der Waals surface area (Å²) < 4.78 is 13.1. The molecule has 0 spiro atoms. The van der Waals surface area contributed by atoms with Gasteiger partial charge in [-0.3, -0.25) is 4.79 Å². The highest BCUT2D eigenvalue weighted by molar-refractivity contribution is 6.34. The second-order valence-corrected chi connectivity index (χ2v) is 4.65. The van der Waals surface area contributed by atoms with Crippen molar-refractivity contribution in [2.45, 2.75) is 19.4 Å². The average molecular weight is 281 g/mol. The molecule has 96 valence electrons. The third-order valence-electron chi connectivity index (χ3n) is 1.90. The van der Waals surface area contributed by atoms with Gasteiger partial charge in [0.05, 0.1) is 10.6 Å². The van der Waals surface area contributed by atoms with Crippen LogP contribution in [0.1, 0.15) is 24.2 Å². The molecule has 1 aromatic rings. The lowest BCUT2D eigenvalue weighted by Gasteiger charge is -2.19. The summed E-state index contributed by atoms with van der Waals surface area (Å²) in [5.41, 5.74) is 5.31. The van der Waals surface area contributed by atoms with E-state index in [0.717, 1.165) is 0 Å². The van der Waals surface area contributed by atoms with Crippen LogP contribution >= 0.6 is 24.0 Å². The molecule has 0 radical (unpaired) electrons. The zero-order valence-corrected chi connectivity index (χ0v) is 11.2. The van der Waals surface area contributed by atoms with Crippen molar-refractivity contribution < 1.29 is 9.18 Å². The van der Waals surface area contributed by atoms with Crippen molar-refractivity contribution in [1.29, 1.82) is 0 Å². The highest BCUT2D eigenvalue weighted by atomic mass is 35.5. The summed E-state index contributed by atoms with van der Waals surface area (Å²) in [5, 5.41) is 2.42. The molecule has 0 aliphatic rings. The van der Waals surface area contributed by atoms with Gasteiger partial charge >= 0.3 is 0 Å². The largest absolute Gasteiger partial charge is 0.350 e. The van der Waals surface area contributed by atoms with Gasteiger partial charge < -0.3 is 11.1 Å². The van der Waals surface area contributed by atoms with Gasteiger partial charge in [0.2, 0.25) is 0 Å². The molecule has 3 N–H and O–H groups in total. The van der Waals surface area contributed by atoms with Gasteiger partial charge in [-0.1, -0.05) is 17.7 Å². The van der Waals surface area contributed by atoms with Crippen LogP contribution in [0.4, 0.5) is 4.39 Å². The molecular formula is C11H15Cl2FN2O. The fourth-order valence-corrected chi connectivity index (χ4v) is 1.29. The molecule has 1 amide bonds. The molecule has 0 aliphatic heterocycles. The molecule has 6 heteroatoms. The number of rotatable bonds is 3. The molecule has 0 aliphatic carbocycles. The van der Waals surface area contributed by atoms with Crippen LogP contribution < -0.4 is 11.1 Å². The van der Waals surface area contributed by atoms with Crippen LogP contribution in [0.15, 0.2) is 18.2 Å². The number of hydrogen-bond acceptors (Lipinski definition) is 2. The fraction of sp³-hybridized carbons (Fsp3) is 0.364. The Hall–Kier alpha value is -0.840. The Morgan fingerprint density at radius 1 is 1.53 bits per heavy atom. The summed E-state index contributed by atoms with van der Waals surface area (Å²) in [6, 6.07) is 4.10. The summed E-state index contributed by atoms with van der Waals surface area (Å²) in [4.78, 5) is 11.6. The molecule has 17 heavy (non-hydrogen) atoms. The molecule has 1 aromatic carbocycles. The van der Waals surface area contributed by atoms with E-state index in [1.165, 1.54) is 18.2 Å². The van der Waals surface area contributed by atoms with Gasteiger partial charge in [-0.25, -0.2) is 4.39 Å². The summed E-state index contributed by atoms with van der Waals surface area (Å²) >= 11 is 5.67. The van der Waals surface area contributed by atoms with E-state index in [2.05, 4.69) is 5.32 Å². The first-order valence-electron chi connectivity index (χ1n) is 4.82. The van der Waals surface area contributed by atoms with E-state index < -0.39 is 17.3 Å². The average Bonchev–Trinajstić information content (AvgIpc) is 2.17. The minimum absolute atomic E-state index is 0. The van der Waals surface area contributed by atoms with Gasteiger partial charge in [-0.05, 0) is 26.0 Å². The number of nitrogens with one attached hydrogen (secondary N) is 1. The first-order valence-corrected chi connectivity index (χ1v) is 5.20. The Morgan fingerprint density at radius 2 is 2.12 bits per heavy atom. The number of halogens is 3. The third kappa shape index (κ3) is 4.89. The smallest absolute Gasteiger partial charge is 0.252 e.